The topological polar surface area (TPSA) is 32.5 Å². The van der Waals surface area contributed by atoms with E-state index in [0.29, 0.717) is 6.04 Å². The summed E-state index contributed by atoms with van der Waals surface area (Å²) in [6, 6.07) is 2.02. The lowest BCUT2D eigenvalue weighted by Gasteiger charge is -2.50. The quantitative estimate of drug-likeness (QED) is 0.855. The van der Waals surface area contributed by atoms with Crippen LogP contribution in [-0.4, -0.2) is 54.6 Å². The Bertz CT molecular complexity index is 344. The molecule has 1 aliphatic carbocycles. The molecule has 0 aromatic heterocycles. The Morgan fingerprint density at radius 1 is 1.10 bits per heavy atom. The molecule has 4 heterocycles. The van der Waals surface area contributed by atoms with E-state index in [0.717, 1.165) is 29.8 Å². The number of likely N-dealkylation sites (N-methyl/N-ethyl adjacent to an activating group) is 1. The first-order chi connectivity index (χ1) is 9.74. The standard InChI is InChI=1S/C17H31N3/c1-19-11-14-12-6-8-20(9-7-12)17(14)16(19)10-15(18)13-4-2-3-5-13/h12-17H,2-11,18H2,1H3. The minimum atomic E-state index is 0.449. The van der Waals surface area contributed by atoms with Crippen molar-refractivity contribution in [2.45, 2.75) is 63.1 Å². The summed E-state index contributed by atoms with van der Waals surface area (Å²) in [5.74, 6) is 2.78. The van der Waals surface area contributed by atoms with Crippen molar-refractivity contribution in [3.05, 3.63) is 0 Å². The molecule has 2 N–H and O–H groups in total. The number of likely N-dealkylation sites (tertiary alicyclic amines) is 1. The van der Waals surface area contributed by atoms with Gasteiger partial charge in [0.2, 0.25) is 0 Å². The van der Waals surface area contributed by atoms with Crippen molar-refractivity contribution >= 4 is 0 Å². The molecule has 4 aliphatic heterocycles. The largest absolute Gasteiger partial charge is 0.327 e. The summed E-state index contributed by atoms with van der Waals surface area (Å²) >= 11 is 0. The van der Waals surface area contributed by atoms with Crippen LogP contribution in [-0.2, 0) is 0 Å². The van der Waals surface area contributed by atoms with Crippen molar-refractivity contribution < 1.29 is 0 Å². The van der Waals surface area contributed by atoms with Gasteiger partial charge in [0.1, 0.15) is 0 Å². The van der Waals surface area contributed by atoms with E-state index in [4.69, 9.17) is 5.73 Å². The van der Waals surface area contributed by atoms with Crippen LogP contribution >= 0.6 is 0 Å². The zero-order valence-corrected chi connectivity index (χ0v) is 13.0. The average molecular weight is 277 g/mol. The smallest absolute Gasteiger partial charge is 0.0295 e. The number of nitrogens with zero attached hydrogens (tertiary/aromatic N) is 2. The molecule has 0 spiro atoms. The van der Waals surface area contributed by atoms with Gasteiger partial charge in [-0.2, -0.15) is 0 Å². The third-order valence-corrected chi connectivity index (χ3v) is 7.02. The molecule has 5 aliphatic rings. The molecular weight excluding hydrogens is 246 g/mol. The summed E-state index contributed by atoms with van der Waals surface area (Å²) in [5.41, 5.74) is 6.60. The Labute approximate surface area is 123 Å². The van der Waals surface area contributed by atoms with Crippen LogP contribution in [0.3, 0.4) is 0 Å². The van der Waals surface area contributed by atoms with Crippen molar-refractivity contribution in [2.75, 3.05) is 26.7 Å². The Balaban J connectivity index is 1.46. The molecule has 5 rings (SSSR count). The number of fused-ring (bicyclic) bond motifs is 2. The molecule has 2 bridgehead atoms. The molecule has 20 heavy (non-hydrogen) atoms. The predicted molar refractivity (Wildman–Crippen MR) is 82.5 cm³/mol. The molecule has 0 aromatic rings. The fourth-order valence-corrected chi connectivity index (χ4v) is 5.89. The molecule has 114 valence electrons. The van der Waals surface area contributed by atoms with Crippen molar-refractivity contribution in [3.63, 3.8) is 0 Å². The van der Waals surface area contributed by atoms with Gasteiger partial charge in [-0.05, 0) is 70.0 Å². The lowest BCUT2D eigenvalue weighted by Crippen LogP contribution is -2.57. The number of hydrogen-bond acceptors (Lipinski definition) is 3. The van der Waals surface area contributed by atoms with E-state index in [2.05, 4.69) is 16.8 Å². The minimum absolute atomic E-state index is 0.449. The maximum absolute atomic E-state index is 6.60. The van der Waals surface area contributed by atoms with E-state index >= 15 is 0 Å². The van der Waals surface area contributed by atoms with Gasteiger partial charge in [0.15, 0.2) is 0 Å². The van der Waals surface area contributed by atoms with Crippen molar-refractivity contribution in [1.29, 1.82) is 0 Å². The van der Waals surface area contributed by atoms with Gasteiger partial charge in [-0.15, -0.1) is 0 Å². The van der Waals surface area contributed by atoms with E-state index in [1.54, 1.807) is 0 Å². The van der Waals surface area contributed by atoms with E-state index in [1.165, 1.54) is 64.6 Å². The number of nitrogens with two attached hydrogens (primary N) is 1. The highest BCUT2D eigenvalue weighted by Crippen LogP contribution is 2.45. The van der Waals surface area contributed by atoms with Crippen LogP contribution in [0.4, 0.5) is 0 Å². The molecule has 0 amide bonds. The zero-order valence-electron chi connectivity index (χ0n) is 13.0. The Kier molecular flexibility index (Phi) is 3.56. The highest BCUT2D eigenvalue weighted by atomic mass is 15.3. The second-order valence-electron chi connectivity index (χ2n) is 7.98. The molecule has 0 radical (unpaired) electrons. The van der Waals surface area contributed by atoms with Crippen LogP contribution in [0.5, 0.6) is 0 Å². The second kappa shape index (κ2) is 5.26. The maximum atomic E-state index is 6.60. The molecule has 4 unspecified atom stereocenters. The van der Waals surface area contributed by atoms with Crippen LogP contribution in [0.2, 0.25) is 0 Å². The van der Waals surface area contributed by atoms with E-state index in [9.17, 15) is 0 Å². The normalized spacial score (nSPS) is 46.8. The first-order valence-corrected chi connectivity index (χ1v) is 8.94. The predicted octanol–water partition coefficient (Wildman–Crippen LogP) is 1.92. The van der Waals surface area contributed by atoms with Gasteiger partial charge in [-0.1, -0.05) is 12.8 Å². The Hall–Kier alpha value is -0.120. The summed E-state index contributed by atoms with van der Waals surface area (Å²) in [7, 11) is 2.35. The van der Waals surface area contributed by atoms with Crippen LogP contribution in [0, 0.1) is 17.8 Å². The minimum Gasteiger partial charge on any atom is -0.327 e. The fourth-order valence-electron chi connectivity index (χ4n) is 5.89. The van der Waals surface area contributed by atoms with E-state index < -0.39 is 0 Å². The molecule has 1 saturated carbocycles. The molecule has 0 aromatic carbocycles. The summed E-state index contributed by atoms with van der Waals surface area (Å²) in [4.78, 5) is 5.46. The summed E-state index contributed by atoms with van der Waals surface area (Å²) in [5, 5.41) is 0. The van der Waals surface area contributed by atoms with Crippen molar-refractivity contribution in [1.82, 2.24) is 9.80 Å². The van der Waals surface area contributed by atoms with E-state index in [-0.39, 0.29) is 0 Å². The fraction of sp³-hybridized carbons (Fsp3) is 1.00. The summed E-state index contributed by atoms with van der Waals surface area (Å²) in [6.07, 6.45) is 9.76. The second-order valence-corrected chi connectivity index (χ2v) is 7.98. The molecule has 4 atom stereocenters. The SMILES string of the molecule is CN1CC2C3CCN(CC3)C2C1CC(N)C1CCCC1. The molecule has 3 heteroatoms. The zero-order chi connectivity index (χ0) is 13.7. The van der Waals surface area contributed by atoms with Crippen LogP contribution in [0.25, 0.3) is 0 Å². The van der Waals surface area contributed by atoms with Gasteiger partial charge < -0.3 is 10.6 Å². The van der Waals surface area contributed by atoms with Crippen LogP contribution in [0.15, 0.2) is 0 Å². The Morgan fingerprint density at radius 3 is 2.50 bits per heavy atom. The number of hydrogen-bond donors (Lipinski definition) is 1. The lowest BCUT2D eigenvalue weighted by atomic mass is 9.73. The highest BCUT2D eigenvalue weighted by Gasteiger charge is 2.51. The van der Waals surface area contributed by atoms with Gasteiger partial charge in [0, 0.05) is 24.7 Å². The molecule has 4 saturated heterocycles. The average Bonchev–Trinajstić information content (AvgIpc) is 3.10. The number of rotatable bonds is 3. The van der Waals surface area contributed by atoms with Crippen molar-refractivity contribution in [3.8, 4) is 0 Å². The molecule has 3 nitrogen and oxygen atoms in total. The summed E-state index contributed by atoms with van der Waals surface area (Å²) in [6.45, 7) is 4.04. The van der Waals surface area contributed by atoms with Gasteiger partial charge in [-0.25, -0.2) is 0 Å². The van der Waals surface area contributed by atoms with E-state index in [1.807, 2.05) is 0 Å². The van der Waals surface area contributed by atoms with Crippen molar-refractivity contribution in [2.24, 2.45) is 23.5 Å². The van der Waals surface area contributed by atoms with Gasteiger partial charge in [-0.3, -0.25) is 4.90 Å². The Morgan fingerprint density at radius 2 is 1.80 bits per heavy atom. The third kappa shape index (κ3) is 2.13. The third-order valence-electron chi connectivity index (χ3n) is 7.02. The number of piperidine rings is 3. The van der Waals surface area contributed by atoms with Gasteiger partial charge >= 0.3 is 0 Å². The highest BCUT2D eigenvalue weighted by molar-refractivity contribution is 5.06. The lowest BCUT2D eigenvalue weighted by molar-refractivity contribution is 0.00116. The molecule has 5 fully saturated rings. The monoisotopic (exact) mass is 277 g/mol. The van der Waals surface area contributed by atoms with Crippen LogP contribution < -0.4 is 5.73 Å². The maximum Gasteiger partial charge on any atom is 0.0295 e. The van der Waals surface area contributed by atoms with Gasteiger partial charge in [0.05, 0.1) is 0 Å². The first kappa shape index (κ1) is 13.5. The van der Waals surface area contributed by atoms with Crippen LogP contribution in [0.1, 0.15) is 44.9 Å². The first-order valence-electron chi connectivity index (χ1n) is 8.94. The molecular formula is C17H31N3. The van der Waals surface area contributed by atoms with Gasteiger partial charge in [0.25, 0.3) is 0 Å². The summed E-state index contributed by atoms with van der Waals surface area (Å²) < 4.78 is 0.